The molecule has 2 atom stereocenters. The van der Waals surface area contributed by atoms with Crippen LogP contribution < -0.4 is 0 Å². The predicted octanol–water partition coefficient (Wildman–Crippen LogP) is 3.13. The van der Waals surface area contributed by atoms with Gasteiger partial charge in [0.2, 0.25) is 0 Å². The quantitative estimate of drug-likeness (QED) is 0.859. The first-order valence-corrected chi connectivity index (χ1v) is 8.31. The lowest BCUT2D eigenvalue weighted by molar-refractivity contribution is -0.0464. The standard InChI is InChI=1S/C19H25N3O3/c1-19(2,3)21(4)18(23)14-15-17(25-6)16(24-5)12-9-7-8-10-13(12)22(15)11-20-14/h7-11,16-17H,1-6H3. The molecule has 0 fully saturated rings. The zero-order valence-corrected chi connectivity index (χ0v) is 15.6. The lowest BCUT2D eigenvalue weighted by Gasteiger charge is -2.35. The first-order chi connectivity index (χ1) is 11.8. The van der Waals surface area contributed by atoms with Gasteiger partial charge < -0.3 is 14.4 Å². The normalized spacial score (nSPS) is 19.3. The number of amides is 1. The molecule has 0 radical (unpaired) electrons. The summed E-state index contributed by atoms with van der Waals surface area (Å²) in [6, 6.07) is 7.95. The van der Waals surface area contributed by atoms with Gasteiger partial charge in [-0.3, -0.25) is 9.36 Å². The third-order valence-corrected chi connectivity index (χ3v) is 4.87. The van der Waals surface area contributed by atoms with Crippen LogP contribution in [0.2, 0.25) is 0 Å². The highest BCUT2D eigenvalue weighted by Gasteiger charge is 2.39. The monoisotopic (exact) mass is 343 g/mol. The molecule has 6 heteroatoms. The highest BCUT2D eigenvalue weighted by Crippen LogP contribution is 2.43. The van der Waals surface area contributed by atoms with Crippen LogP contribution in [0.4, 0.5) is 0 Å². The Morgan fingerprint density at radius 3 is 2.40 bits per heavy atom. The van der Waals surface area contributed by atoms with Gasteiger partial charge in [-0.25, -0.2) is 4.98 Å². The number of benzene rings is 1. The Kier molecular flexibility index (Phi) is 4.43. The van der Waals surface area contributed by atoms with Crippen LogP contribution in [-0.4, -0.2) is 47.2 Å². The van der Waals surface area contributed by atoms with Gasteiger partial charge in [0.1, 0.15) is 18.5 Å². The maximum Gasteiger partial charge on any atom is 0.274 e. The van der Waals surface area contributed by atoms with Crippen molar-refractivity contribution in [2.24, 2.45) is 0 Å². The molecular weight excluding hydrogens is 318 g/mol. The lowest BCUT2D eigenvalue weighted by Crippen LogP contribution is -2.43. The zero-order chi connectivity index (χ0) is 18.4. The summed E-state index contributed by atoms with van der Waals surface area (Å²) >= 11 is 0. The summed E-state index contributed by atoms with van der Waals surface area (Å²) in [5, 5.41) is 0. The van der Waals surface area contributed by atoms with Gasteiger partial charge in [-0.2, -0.15) is 0 Å². The Bertz CT molecular complexity index is 791. The Labute approximate surface area is 148 Å². The minimum absolute atomic E-state index is 0.127. The van der Waals surface area contributed by atoms with Crippen molar-refractivity contribution in [2.45, 2.75) is 38.5 Å². The van der Waals surface area contributed by atoms with E-state index in [4.69, 9.17) is 9.47 Å². The molecule has 134 valence electrons. The second-order valence-corrected chi connectivity index (χ2v) is 7.25. The largest absolute Gasteiger partial charge is 0.374 e. The summed E-state index contributed by atoms with van der Waals surface area (Å²) in [5.74, 6) is -0.127. The first-order valence-electron chi connectivity index (χ1n) is 8.31. The van der Waals surface area contributed by atoms with E-state index in [1.54, 1.807) is 32.5 Å². The minimum atomic E-state index is -0.408. The summed E-state index contributed by atoms with van der Waals surface area (Å²) in [6.45, 7) is 5.98. The van der Waals surface area contributed by atoms with Crippen molar-refractivity contribution in [1.82, 2.24) is 14.5 Å². The summed E-state index contributed by atoms with van der Waals surface area (Å²) in [6.07, 6.45) is 0.988. The van der Waals surface area contributed by atoms with Gasteiger partial charge in [-0.15, -0.1) is 0 Å². The van der Waals surface area contributed by atoms with E-state index in [1.165, 1.54) is 0 Å². The summed E-state index contributed by atoms with van der Waals surface area (Å²) in [5.41, 5.74) is 2.81. The second kappa shape index (κ2) is 6.28. The van der Waals surface area contributed by atoms with Gasteiger partial charge in [0.05, 0.1) is 11.4 Å². The maximum atomic E-state index is 13.0. The van der Waals surface area contributed by atoms with Crippen LogP contribution in [0, 0.1) is 0 Å². The molecule has 2 unspecified atom stereocenters. The van der Waals surface area contributed by atoms with Gasteiger partial charge in [0.15, 0.2) is 5.69 Å². The van der Waals surface area contributed by atoms with Crippen molar-refractivity contribution in [3.05, 3.63) is 47.5 Å². The molecule has 3 rings (SSSR count). The molecule has 1 aromatic carbocycles. The molecule has 2 heterocycles. The number of nitrogens with zero attached hydrogens (tertiary/aromatic N) is 3. The van der Waals surface area contributed by atoms with E-state index in [1.807, 2.05) is 49.6 Å². The molecule has 2 aromatic rings. The summed E-state index contributed by atoms with van der Waals surface area (Å²) in [4.78, 5) is 19.2. The number of carbonyl (C=O) groups is 1. The molecule has 0 saturated heterocycles. The molecule has 1 aromatic heterocycles. The molecule has 0 saturated carbocycles. The number of hydrogen-bond acceptors (Lipinski definition) is 4. The molecule has 6 nitrogen and oxygen atoms in total. The molecule has 0 N–H and O–H groups in total. The van der Waals surface area contributed by atoms with Gasteiger partial charge in [-0.05, 0) is 26.8 Å². The van der Waals surface area contributed by atoms with Crippen LogP contribution in [0.15, 0.2) is 30.6 Å². The minimum Gasteiger partial charge on any atom is -0.374 e. The number of imidazole rings is 1. The van der Waals surface area contributed by atoms with E-state index < -0.39 is 6.10 Å². The fraction of sp³-hybridized carbons (Fsp3) is 0.474. The van der Waals surface area contributed by atoms with Crippen molar-refractivity contribution in [2.75, 3.05) is 21.3 Å². The van der Waals surface area contributed by atoms with Crippen molar-refractivity contribution < 1.29 is 14.3 Å². The Morgan fingerprint density at radius 1 is 1.16 bits per heavy atom. The van der Waals surface area contributed by atoms with E-state index >= 15 is 0 Å². The summed E-state index contributed by atoms with van der Waals surface area (Å²) in [7, 11) is 5.08. The number of hydrogen-bond donors (Lipinski definition) is 0. The third-order valence-electron chi connectivity index (χ3n) is 4.87. The van der Waals surface area contributed by atoms with E-state index in [-0.39, 0.29) is 17.6 Å². The van der Waals surface area contributed by atoms with E-state index in [2.05, 4.69) is 4.98 Å². The van der Waals surface area contributed by atoms with E-state index in [9.17, 15) is 4.79 Å². The van der Waals surface area contributed by atoms with Crippen LogP contribution in [0.3, 0.4) is 0 Å². The average Bonchev–Trinajstić information content (AvgIpc) is 3.03. The van der Waals surface area contributed by atoms with Crippen molar-refractivity contribution in [3.63, 3.8) is 0 Å². The fourth-order valence-electron chi connectivity index (χ4n) is 3.19. The van der Waals surface area contributed by atoms with E-state index in [0.717, 1.165) is 16.9 Å². The third kappa shape index (κ3) is 2.75. The topological polar surface area (TPSA) is 56.6 Å². The fourth-order valence-corrected chi connectivity index (χ4v) is 3.19. The average molecular weight is 343 g/mol. The number of ether oxygens (including phenoxy) is 2. The van der Waals surface area contributed by atoms with Gasteiger partial charge in [0, 0.05) is 32.4 Å². The molecule has 0 spiro atoms. The Balaban J connectivity index is 2.18. The van der Waals surface area contributed by atoms with Gasteiger partial charge in [-0.1, -0.05) is 18.2 Å². The SMILES string of the molecule is COC1c2ccccc2-n2cnc(C(=O)N(C)C(C)(C)C)c2C1OC. The number of para-hydroxylation sites is 1. The van der Waals surface area contributed by atoms with Gasteiger partial charge in [0.25, 0.3) is 5.91 Å². The number of aromatic nitrogens is 2. The molecule has 1 aliphatic heterocycles. The number of carbonyl (C=O) groups excluding carboxylic acids is 1. The van der Waals surface area contributed by atoms with Crippen LogP contribution in [-0.2, 0) is 9.47 Å². The van der Waals surface area contributed by atoms with Gasteiger partial charge >= 0.3 is 0 Å². The number of rotatable bonds is 3. The summed E-state index contributed by atoms with van der Waals surface area (Å²) < 4.78 is 13.4. The molecule has 25 heavy (non-hydrogen) atoms. The predicted molar refractivity (Wildman–Crippen MR) is 94.9 cm³/mol. The lowest BCUT2D eigenvalue weighted by atomic mass is 9.94. The number of fused-ring (bicyclic) bond motifs is 3. The van der Waals surface area contributed by atoms with Crippen molar-refractivity contribution in [1.29, 1.82) is 0 Å². The first kappa shape index (κ1) is 17.6. The highest BCUT2D eigenvalue weighted by atomic mass is 16.5. The molecule has 1 amide bonds. The molecule has 0 bridgehead atoms. The maximum absolute atomic E-state index is 13.0. The second-order valence-electron chi connectivity index (χ2n) is 7.25. The van der Waals surface area contributed by atoms with Crippen LogP contribution >= 0.6 is 0 Å². The zero-order valence-electron chi connectivity index (χ0n) is 15.6. The Morgan fingerprint density at radius 2 is 1.80 bits per heavy atom. The van der Waals surface area contributed by atoms with Crippen LogP contribution in [0.1, 0.15) is 54.7 Å². The molecular formula is C19H25N3O3. The van der Waals surface area contributed by atoms with Crippen molar-refractivity contribution >= 4 is 5.91 Å². The number of methoxy groups -OCH3 is 2. The van der Waals surface area contributed by atoms with Crippen molar-refractivity contribution in [3.8, 4) is 5.69 Å². The van der Waals surface area contributed by atoms with Crippen LogP contribution in [0.25, 0.3) is 5.69 Å². The Hall–Kier alpha value is -2.18. The van der Waals surface area contributed by atoms with E-state index in [0.29, 0.717) is 5.69 Å². The van der Waals surface area contributed by atoms with Crippen LogP contribution in [0.5, 0.6) is 0 Å². The highest BCUT2D eigenvalue weighted by molar-refractivity contribution is 5.94. The molecule has 1 aliphatic rings. The molecule has 0 aliphatic carbocycles. The smallest absolute Gasteiger partial charge is 0.274 e.